The first-order chi connectivity index (χ1) is 13.7. The third-order valence-electron chi connectivity index (χ3n) is 4.88. The lowest BCUT2D eigenvalue weighted by molar-refractivity contribution is -0.133. The molecule has 1 amide bonds. The van der Waals surface area contributed by atoms with Crippen LogP contribution < -0.4 is 9.47 Å². The van der Waals surface area contributed by atoms with Crippen LogP contribution in [0.5, 0.6) is 11.5 Å². The molecule has 1 saturated heterocycles. The molecule has 2 heterocycles. The maximum Gasteiger partial charge on any atom is 0.222 e. The van der Waals surface area contributed by atoms with E-state index in [4.69, 9.17) is 14.7 Å². The maximum atomic E-state index is 12.5. The number of likely N-dealkylation sites (tertiary alicyclic amines) is 1. The summed E-state index contributed by atoms with van der Waals surface area (Å²) in [6.07, 6.45) is 6.43. The van der Waals surface area contributed by atoms with E-state index in [0.29, 0.717) is 43.2 Å². The number of aryl methyl sites for hydroxylation is 1. The number of aromatic nitrogens is 3. The molecule has 1 unspecified atom stereocenters. The van der Waals surface area contributed by atoms with Gasteiger partial charge in [-0.3, -0.25) is 9.48 Å². The quantitative estimate of drug-likeness (QED) is 0.694. The van der Waals surface area contributed by atoms with E-state index in [1.54, 1.807) is 36.3 Å². The van der Waals surface area contributed by atoms with Gasteiger partial charge in [0, 0.05) is 38.0 Å². The fraction of sp³-hybridized carbons (Fsp3) is 0.500. The van der Waals surface area contributed by atoms with Gasteiger partial charge in [-0.2, -0.15) is 10.4 Å². The lowest BCUT2D eigenvalue weighted by Gasteiger charge is -2.33. The van der Waals surface area contributed by atoms with Crippen LogP contribution in [0.4, 0.5) is 0 Å². The molecule has 1 aliphatic heterocycles. The maximum absolute atomic E-state index is 12.5. The lowest BCUT2D eigenvalue weighted by atomic mass is 9.98. The number of hydrogen-bond donors (Lipinski definition) is 0. The van der Waals surface area contributed by atoms with Gasteiger partial charge in [-0.25, -0.2) is 4.98 Å². The summed E-state index contributed by atoms with van der Waals surface area (Å²) in [6.45, 7) is 2.73. The van der Waals surface area contributed by atoms with E-state index in [0.717, 1.165) is 25.8 Å². The van der Waals surface area contributed by atoms with Crippen molar-refractivity contribution in [2.24, 2.45) is 5.92 Å². The topological polar surface area (TPSA) is 93.3 Å². The molecular weight excluding hydrogens is 358 g/mol. The van der Waals surface area contributed by atoms with Gasteiger partial charge in [0.25, 0.3) is 0 Å². The van der Waals surface area contributed by atoms with E-state index in [9.17, 15) is 4.79 Å². The number of rotatable bonds is 8. The number of amides is 1. The van der Waals surface area contributed by atoms with E-state index >= 15 is 0 Å². The Kier molecular flexibility index (Phi) is 6.84. The first-order valence-corrected chi connectivity index (χ1v) is 9.50. The number of carbonyl (C=O) groups excluding carboxylic acids is 1. The van der Waals surface area contributed by atoms with Gasteiger partial charge in [-0.05, 0) is 31.4 Å². The molecule has 0 radical (unpaired) electrons. The molecule has 0 bridgehead atoms. The fourth-order valence-corrected chi connectivity index (χ4v) is 3.39. The van der Waals surface area contributed by atoms with Crippen molar-refractivity contribution in [3.63, 3.8) is 0 Å². The molecule has 28 heavy (non-hydrogen) atoms. The number of piperidine rings is 1. The van der Waals surface area contributed by atoms with Crippen LogP contribution in [0.25, 0.3) is 0 Å². The summed E-state index contributed by atoms with van der Waals surface area (Å²) in [6, 6.07) is 7.23. The molecule has 0 N–H and O–H groups in total. The van der Waals surface area contributed by atoms with Crippen molar-refractivity contribution in [1.82, 2.24) is 19.7 Å². The van der Waals surface area contributed by atoms with E-state index in [-0.39, 0.29) is 11.8 Å². The minimum Gasteiger partial charge on any atom is -0.493 e. The average Bonchev–Trinajstić information content (AvgIpc) is 3.25. The first kappa shape index (κ1) is 19.7. The van der Waals surface area contributed by atoms with Crippen molar-refractivity contribution in [3.05, 3.63) is 36.4 Å². The lowest BCUT2D eigenvalue weighted by Crippen LogP contribution is -2.41. The van der Waals surface area contributed by atoms with E-state index < -0.39 is 0 Å². The first-order valence-electron chi connectivity index (χ1n) is 9.50. The second kappa shape index (κ2) is 9.74. The number of carbonyl (C=O) groups is 1. The molecule has 8 heteroatoms. The Morgan fingerprint density at radius 1 is 1.39 bits per heavy atom. The number of methoxy groups -OCH3 is 1. The summed E-state index contributed by atoms with van der Waals surface area (Å²) in [4.78, 5) is 18.4. The molecule has 3 rings (SSSR count). The summed E-state index contributed by atoms with van der Waals surface area (Å²) >= 11 is 0. The van der Waals surface area contributed by atoms with Crippen LogP contribution in [0.15, 0.2) is 30.9 Å². The van der Waals surface area contributed by atoms with Crippen molar-refractivity contribution < 1.29 is 14.3 Å². The number of ether oxygens (including phenoxy) is 2. The Balaban J connectivity index is 1.47. The Hall–Kier alpha value is -3.08. The van der Waals surface area contributed by atoms with Crippen molar-refractivity contribution in [3.8, 4) is 17.6 Å². The van der Waals surface area contributed by atoms with Gasteiger partial charge in [0.15, 0.2) is 11.5 Å². The monoisotopic (exact) mass is 383 g/mol. The van der Waals surface area contributed by atoms with Crippen LogP contribution in [0.1, 0.15) is 31.2 Å². The normalized spacial score (nSPS) is 16.4. The highest BCUT2D eigenvalue weighted by molar-refractivity contribution is 5.76. The van der Waals surface area contributed by atoms with Gasteiger partial charge in [-0.15, -0.1) is 0 Å². The van der Waals surface area contributed by atoms with Crippen LogP contribution in [-0.2, 0) is 11.3 Å². The number of hydrogen-bond acceptors (Lipinski definition) is 6. The zero-order valence-corrected chi connectivity index (χ0v) is 16.1. The average molecular weight is 383 g/mol. The summed E-state index contributed by atoms with van der Waals surface area (Å²) in [5.41, 5.74) is 0.532. The predicted octanol–water partition coefficient (Wildman–Crippen LogP) is 2.26. The number of nitriles is 1. The van der Waals surface area contributed by atoms with Gasteiger partial charge >= 0.3 is 0 Å². The highest BCUT2D eigenvalue weighted by atomic mass is 16.5. The number of nitrogens with zero attached hydrogens (tertiary/aromatic N) is 5. The van der Waals surface area contributed by atoms with Crippen LogP contribution in [0.2, 0.25) is 0 Å². The third kappa shape index (κ3) is 5.22. The Morgan fingerprint density at radius 2 is 2.29 bits per heavy atom. The molecule has 1 aliphatic rings. The van der Waals surface area contributed by atoms with Crippen LogP contribution in [0.3, 0.4) is 0 Å². The van der Waals surface area contributed by atoms with Crippen molar-refractivity contribution in [1.29, 1.82) is 5.26 Å². The summed E-state index contributed by atoms with van der Waals surface area (Å²) in [7, 11) is 1.56. The second-order valence-corrected chi connectivity index (χ2v) is 6.90. The standard InChI is InChI=1S/C20H25N5O3/c1-27-19-10-16(11-21)6-7-18(19)28-13-17-4-2-8-24(12-17)20(26)5-3-9-25-15-22-14-23-25/h6-7,10,14-15,17H,2-5,8-9,12-13H2,1H3. The molecule has 1 aromatic heterocycles. The SMILES string of the molecule is COc1cc(C#N)ccc1OCC1CCCN(C(=O)CCCn2cncn2)C1. The van der Waals surface area contributed by atoms with Crippen LogP contribution in [0, 0.1) is 17.2 Å². The molecule has 1 fully saturated rings. The van der Waals surface area contributed by atoms with Crippen LogP contribution >= 0.6 is 0 Å². The fourth-order valence-electron chi connectivity index (χ4n) is 3.39. The van der Waals surface area contributed by atoms with Crippen molar-refractivity contribution >= 4 is 5.91 Å². The zero-order valence-electron chi connectivity index (χ0n) is 16.1. The molecule has 0 spiro atoms. The predicted molar refractivity (Wildman–Crippen MR) is 102 cm³/mol. The molecule has 1 aromatic carbocycles. The summed E-state index contributed by atoms with van der Waals surface area (Å²) < 4.78 is 13.0. The number of benzene rings is 1. The van der Waals surface area contributed by atoms with Gasteiger partial charge in [0.2, 0.25) is 5.91 Å². The molecule has 8 nitrogen and oxygen atoms in total. The van der Waals surface area contributed by atoms with Gasteiger partial charge in [0.05, 0.1) is 25.3 Å². The molecule has 0 saturated carbocycles. The molecule has 0 aliphatic carbocycles. The van der Waals surface area contributed by atoms with E-state index in [2.05, 4.69) is 16.2 Å². The highest BCUT2D eigenvalue weighted by Crippen LogP contribution is 2.29. The molecule has 1 atom stereocenters. The van der Waals surface area contributed by atoms with Crippen molar-refractivity contribution in [2.45, 2.75) is 32.2 Å². The molecule has 2 aromatic rings. The minimum atomic E-state index is 0.181. The van der Waals surface area contributed by atoms with Crippen LogP contribution in [-0.4, -0.2) is 52.4 Å². The van der Waals surface area contributed by atoms with E-state index in [1.165, 1.54) is 6.33 Å². The van der Waals surface area contributed by atoms with Gasteiger partial charge < -0.3 is 14.4 Å². The van der Waals surface area contributed by atoms with E-state index in [1.807, 2.05) is 4.90 Å². The largest absolute Gasteiger partial charge is 0.493 e. The van der Waals surface area contributed by atoms with Crippen molar-refractivity contribution in [2.75, 3.05) is 26.8 Å². The summed E-state index contributed by atoms with van der Waals surface area (Å²) in [5, 5.41) is 13.0. The highest BCUT2D eigenvalue weighted by Gasteiger charge is 2.24. The third-order valence-corrected chi connectivity index (χ3v) is 4.88. The molecular formula is C20H25N5O3. The Bertz CT molecular complexity index is 816. The molecule has 148 valence electrons. The zero-order chi connectivity index (χ0) is 19.8. The van der Waals surface area contributed by atoms with Gasteiger partial charge in [-0.1, -0.05) is 0 Å². The minimum absolute atomic E-state index is 0.181. The Labute approximate surface area is 164 Å². The smallest absolute Gasteiger partial charge is 0.222 e. The van der Waals surface area contributed by atoms with Gasteiger partial charge in [0.1, 0.15) is 12.7 Å². The summed E-state index contributed by atoms with van der Waals surface area (Å²) in [5.74, 6) is 1.64. The second-order valence-electron chi connectivity index (χ2n) is 6.90. The Morgan fingerprint density at radius 3 is 3.04 bits per heavy atom.